The minimum atomic E-state index is -4.33. The molecule has 0 spiro atoms. The third-order valence-electron chi connectivity index (χ3n) is 2.55. The van der Waals surface area contributed by atoms with Crippen molar-refractivity contribution in [3.05, 3.63) is 48.0 Å². The molecule has 1 heterocycles. The molecule has 0 fully saturated rings. The lowest BCUT2D eigenvalue weighted by atomic mass is 9.91. The molecule has 2 rings (SSSR count). The molecule has 0 saturated heterocycles. The van der Waals surface area contributed by atoms with Crippen molar-refractivity contribution in [1.82, 2.24) is 0 Å². The Labute approximate surface area is 91.5 Å². The van der Waals surface area contributed by atoms with Gasteiger partial charge in [-0.1, -0.05) is 42.5 Å². The quantitative estimate of drug-likeness (QED) is 0.670. The first-order valence-electron chi connectivity index (χ1n) is 4.99. The smallest absolute Gasteiger partial charge is 0.364 e. The zero-order chi connectivity index (χ0) is 11.6. The van der Waals surface area contributed by atoms with Gasteiger partial charge in [-0.2, -0.15) is 13.2 Å². The lowest BCUT2D eigenvalue weighted by Gasteiger charge is -2.29. The van der Waals surface area contributed by atoms with Gasteiger partial charge in [-0.05, 0) is 5.56 Å². The number of ether oxygens (including phenoxy) is 1. The van der Waals surface area contributed by atoms with Gasteiger partial charge >= 0.3 is 6.18 Å². The van der Waals surface area contributed by atoms with Crippen LogP contribution in [0.4, 0.5) is 13.2 Å². The highest BCUT2D eigenvalue weighted by molar-refractivity contribution is 5.27. The van der Waals surface area contributed by atoms with E-state index in [0.29, 0.717) is 5.56 Å². The Morgan fingerprint density at radius 2 is 1.81 bits per heavy atom. The Balaban J connectivity index is 2.30. The van der Waals surface area contributed by atoms with Crippen LogP contribution in [-0.4, -0.2) is 18.9 Å². The van der Waals surface area contributed by atoms with Gasteiger partial charge in [0.1, 0.15) is 0 Å². The summed E-state index contributed by atoms with van der Waals surface area (Å²) in [5.74, 6) is -0.741. The zero-order valence-corrected chi connectivity index (χ0v) is 8.45. The van der Waals surface area contributed by atoms with E-state index in [1.165, 1.54) is 0 Å². The van der Waals surface area contributed by atoms with E-state index in [1.807, 2.05) is 0 Å². The van der Waals surface area contributed by atoms with Crippen molar-refractivity contribution in [2.24, 2.45) is 0 Å². The summed E-state index contributed by atoms with van der Waals surface area (Å²) < 4.78 is 43.0. The standard InChI is InChI=1S/C12H11F3O/c13-12(14,15)11-10(7-4-8-16-11)9-5-2-1-3-6-9/h1-7,10-11H,8H2/t10-,11+/m0/s1. The van der Waals surface area contributed by atoms with Crippen LogP contribution in [0, 0.1) is 0 Å². The van der Waals surface area contributed by atoms with Crippen LogP contribution in [0.3, 0.4) is 0 Å². The lowest BCUT2D eigenvalue weighted by Crippen LogP contribution is -2.38. The summed E-state index contributed by atoms with van der Waals surface area (Å²) >= 11 is 0. The molecule has 0 bridgehead atoms. The number of hydrogen-bond donors (Lipinski definition) is 0. The summed E-state index contributed by atoms with van der Waals surface area (Å²) in [7, 11) is 0. The van der Waals surface area contributed by atoms with Gasteiger partial charge < -0.3 is 4.74 Å². The third kappa shape index (κ3) is 2.27. The summed E-state index contributed by atoms with van der Waals surface area (Å²) in [4.78, 5) is 0. The topological polar surface area (TPSA) is 9.23 Å². The van der Waals surface area contributed by atoms with E-state index in [2.05, 4.69) is 0 Å². The molecule has 0 aliphatic carbocycles. The molecule has 1 nitrogen and oxygen atoms in total. The Kier molecular flexibility index (Phi) is 3.01. The summed E-state index contributed by atoms with van der Waals surface area (Å²) in [6.07, 6.45) is -2.87. The first-order valence-corrected chi connectivity index (χ1v) is 4.99. The average Bonchev–Trinajstić information content (AvgIpc) is 2.29. The van der Waals surface area contributed by atoms with Crippen molar-refractivity contribution in [3.8, 4) is 0 Å². The van der Waals surface area contributed by atoms with Crippen molar-refractivity contribution in [1.29, 1.82) is 0 Å². The van der Waals surface area contributed by atoms with Gasteiger partial charge in [0.15, 0.2) is 6.10 Å². The number of benzene rings is 1. The van der Waals surface area contributed by atoms with Gasteiger partial charge in [-0.25, -0.2) is 0 Å². The maximum absolute atomic E-state index is 12.7. The van der Waals surface area contributed by atoms with Crippen LogP contribution in [0.5, 0.6) is 0 Å². The number of alkyl halides is 3. The molecule has 86 valence electrons. The molecular formula is C12H11F3O. The molecule has 2 atom stereocenters. The molecule has 0 amide bonds. The van der Waals surface area contributed by atoms with E-state index < -0.39 is 18.2 Å². The van der Waals surface area contributed by atoms with Gasteiger partial charge in [-0.3, -0.25) is 0 Å². The van der Waals surface area contributed by atoms with Gasteiger partial charge in [0, 0.05) is 5.92 Å². The van der Waals surface area contributed by atoms with Crippen molar-refractivity contribution in [2.45, 2.75) is 18.2 Å². The fourth-order valence-electron chi connectivity index (χ4n) is 1.83. The van der Waals surface area contributed by atoms with Crippen LogP contribution in [0.15, 0.2) is 42.5 Å². The largest absolute Gasteiger partial charge is 0.415 e. The van der Waals surface area contributed by atoms with Crippen LogP contribution in [0.1, 0.15) is 11.5 Å². The highest BCUT2D eigenvalue weighted by Gasteiger charge is 2.46. The van der Waals surface area contributed by atoms with Crippen LogP contribution in [0.25, 0.3) is 0 Å². The first-order chi connectivity index (χ1) is 7.59. The van der Waals surface area contributed by atoms with Crippen LogP contribution in [0.2, 0.25) is 0 Å². The van der Waals surface area contributed by atoms with Crippen molar-refractivity contribution >= 4 is 0 Å². The number of halogens is 3. The van der Waals surface area contributed by atoms with E-state index in [9.17, 15) is 13.2 Å². The molecular weight excluding hydrogens is 217 g/mol. The minimum absolute atomic E-state index is 0.0213. The van der Waals surface area contributed by atoms with Gasteiger partial charge in [0.05, 0.1) is 6.61 Å². The maximum Gasteiger partial charge on any atom is 0.415 e. The molecule has 4 heteroatoms. The maximum atomic E-state index is 12.7. The zero-order valence-electron chi connectivity index (χ0n) is 8.45. The lowest BCUT2D eigenvalue weighted by molar-refractivity contribution is -0.223. The number of hydrogen-bond acceptors (Lipinski definition) is 1. The molecule has 0 unspecified atom stereocenters. The van der Waals surface area contributed by atoms with Gasteiger partial charge in [0.25, 0.3) is 0 Å². The minimum Gasteiger partial charge on any atom is -0.364 e. The van der Waals surface area contributed by atoms with E-state index in [0.717, 1.165) is 0 Å². The molecule has 0 radical (unpaired) electrons. The van der Waals surface area contributed by atoms with Crippen molar-refractivity contribution in [3.63, 3.8) is 0 Å². The average molecular weight is 228 g/mol. The second kappa shape index (κ2) is 4.29. The molecule has 0 aromatic heterocycles. The molecule has 1 aliphatic rings. The predicted octanol–water partition coefficient (Wildman–Crippen LogP) is 3.29. The summed E-state index contributed by atoms with van der Waals surface area (Å²) in [6.45, 7) is 0.0213. The first kappa shape index (κ1) is 11.2. The summed E-state index contributed by atoms with van der Waals surface area (Å²) in [5.41, 5.74) is 0.626. The van der Waals surface area contributed by atoms with Crippen molar-refractivity contribution in [2.75, 3.05) is 6.61 Å². The number of rotatable bonds is 1. The second-order valence-electron chi connectivity index (χ2n) is 3.66. The normalized spacial score (nSPS) is 25.7. The van der Waals surface area contributed by atoms with E-state index in [1.54, 1.807) is 42.5 Å². The van der Waals surface area contributed by atoms with E-state index in [-0.39, 0.29) is 6.61 Å². The molecule has 0 N–H and O–H groups in total. The molecule has 1 aliphatic heterocycles. The van der Waals surface area contributed by atoms with Crippen molar-refractivity contribution < 1.29 is 17.9 Å². The Bertz CT molecular complexity index is 370. The van der Waals surface area contributed by atoms with Crippen LogP contribution < -0.4 is 0 Å². The highest BCUT2D eigenvalue weighted by Crippen LogP contribution is 2.36. The monoisotopic (exact) mass is 228 g/mol. The van der Waals surface area contributed by atoms with Crippen LogP contribution in [-0.2, 0) is 4.74 Å². The third-order valence-corrected chi connectivity index (χ3v) is 2.55. The van der Waals surface area contributed by atoms with E-state index in [4.69, 9.17) is 4.74 Å². The van der Waals surface area contributed by atoms with Gasteiger partial charge in [-0.15, -0.1) is 0 Å². The predicted molar refractivity (Wildman–Crippen MR) is 54.1 cm³/mol. The molecule has 16 heavy (non-hydrogen) atoms. The molecule has 1 aromatic rings. The second-order valence-corrected chi connectivity index (χ2v) is 3.66. The fourth-order valence-corrected chi connectivity index (χ4v) is 1.83. The Morgan fingerprint density at radius 3 is 2.44 bits per heavy atom. The SMILES string of the molecule is FC(F)(F)[C@@H]1OCC=C[C@H]1c1ccccc1. The summed E-state index contributed by atoms with van der Waals surface area (Å²) in [6, 6.07) is 8.60. The Hall–Kier alpha value is -1.29. The van der Waals surface area contributed by atoms with Crippen LogP contribution >= 0.6 is 0 Å². The highest BCUT2D eigenvalue weighted by atomic mass is 19.4. The molecule has 1 aromatic carbocycles. The Morgan fingerprint density at radius 1 is 1.12 bits per heavy atom. The fraction of sp³-hybridized carbons (Fsp3) is 0.333. The summed E-state index contributed by atoms with van der Waals surface area (Å²) in [5, 5.41) is 0. The molecule has 0 saturated carbocycles. The van der Waals surface area contributed by atoms with E-state index >= 15 is 0 Å². The van der Waals surface area contributed by atoms with Gasteiger partial charge in [0.2, 0.25) is 0 Å².